The molecule has 1 aromatic carbocycles. The number of hydrogen-bond donors (Lipinski definition) is 1. The van der Waals surface area contributed by atoms with Crippen LogP contribution in [-0.4, -0.2) is 42.6 Å². The van der Waals surface area contributed by atoms with Gasteiger partial charge in [-0.05, 0) is 45.1 Å². The third kappa shape index (κ3) is 4.76. The zero-order chi connectivity index (χ0) is 15.0. The first-order valence-corrected chi connectivity index (χ1v) is 7.90. The quantitative estimate of drug-likeness (QED) is 0.710. The topological polar surface area (TPSA) is 32.5 Å². The van der Waals surface area contributed by atoms with Crippen molar-refractivity contribution in [2.45, 2.75) is 27.2 Å². The summed E-state index contributed by atoms with van der Waals surface area (Å²) < 4.78 is 0. The van der Waals surface area contributed by atoms with Crippen LogP contribution in [0, 0.1) is 0 Å². The van der Waals surface area contributed by atoms with Crippen molar-refractivity contribution >= 4 is 22.9 Å². The fourth-order valence-electron chi connectivity index (χ4n) is 2.43. The van der Waals surface area contributed by atoms with Gasteiger partial charge in [-0.2, -0.15) is 0 Å². The second kappa shape index (κ2) is 8.93. The zero-order valence-corrected chi connectivity index (χ0v) is 13.7. The summed E-state index contributed by atoms with van der Waals surface area (Å²) in [6.07, 6.45) is 1.15. The van der Waals surface area contributed by atoms with Crippen LogP contribution >= 0.6 is 12.2 Å². The highest BCUT2D eigenvalue weighted by Crippen LogP contribution is 2.20. The lowest BCUT2D eigenvalue weighted by Crippen LogP contribution is -2.31. The molecule has 3 nitrogen and oxygen atoms in total. The van der Waals surface area contributed by atoms with Crippen molar-refractivity contribution in [3.8, 4) is 0 Å². The predicted molar refractivity (Wildman–Crippen MR) is 92.6 cm³/mol. The summed E-state index contributed by atoms with van der Waals surface area (Å²) in [5.41, 5.74) is 7.96. The van der Waals surface area contributed by atoms with E-state index in [0.29, 0.717) is 4.99 Å². The Labute approximate surface area is 128 Å². The number of rotatable bonds is 9. The van der Waals surface area contributed by atoms with Gasteiger partial charge in [0.05, 0.1) is 0 Å². The second-order valence-electron chi connectivity index (χ2n) is 4.84. The normalized spacial score (nSPS) is 10.8. The maximum atomic E-state index is 5.82. The molecule has 0 heterocycles. The van der Waals surface area contributed by atoms with Crippen LogP contribution in [0.4, 0.5) is 5.69 Å². The van der Waals surface area contributed by atoms with Gasteiger partial charge in [0.25, 0.3) is 0 Å². The Bertz CT molecular complexity index is 416. The van der Waals surface area contributed by atoms with Gasteiger partial charge in [0.15, 0.2) is 0 Å². The summed E-state index contributed by atoms with van der Waals surface area (Å²) in [5.74, 6) is 0. The van der Waals surface area contributed by atoms with Crippen LogP contribution in [-0.2, 0) is 0 Å². The summed E-state index contributed by atoms with van der Waals surface area (Å²) in [6, 6.07) is 8.14. The molecule has 0 fully saturated rings. The van der Waals surface area contributed by atoms with Crippen molar-refractivity contribution in [1.82, 2.24) is 4.90 Å². The molecule has 0 radical (unpaired) electrons. The molecule has 0 unspecified atom stereocenters. The molecule has 0 spiro atoms. The van der Waals surface area contributed by atoms with E-state index in [4.69, 9.17) is 18.0 Å². The van der Waals surface area contributed by atoms with Crippen LogP contribution < -0.4 is 10.6 Å². The number of thiocarbonyl (C=S) groups is 1. The molecule has 0 atom stereocenters. The molecule has 2 N–H and O–H groups in total. The number of nitrogens with zero attached hydrogens (tertiary/aromatic N) is 2. The summed E-state index contributed by atoms with van der Waals surface area (Å²) in [7, 11) is 0. The van der Waals surface area contributed by atoms with Gasteiger partial charge < -0.3 is 15.5 Å². The van der Waals surface area contributed by atoms with Gasteiger partial charge in [-0.25, -0.2) is 0 Å². The third-order valence-corrected chi connectivity index (χ3v) is 3.91. The first kappa shape index (κ1) is 16.9. The molecule has 1 aromatic rings. The van der Waals surface area contributed by atoms with E-state index < -0.39 is 0 Å². The summed E-state index contributed by atoms with van der Waals surface area (Å²) in [6.45, 7) is 12.0. The van der Waals surface area contributed by atoms with Crippen LogP contribution in [0.1, 0.15) is 32.8 Å². The van der Waals surface area contributed by atoms with E-state index in [9.17, 15) is 0 Å². The number of benzene rings is 1. The predicted octanol–water partition coefficient (Wildman–Crippen LogP) is 2.88. The fourth-order valence-corrected chi connectivity index (χ4v) is 2.60. The van der Waals surface area contributed by atoms with Crippen molar-refractivity contribution in [2.75, 3.05) is 37.6 Å². The second-order valence-corrected chi connectivity index (χ2v) is 5.28. The highest BCUT2D eigenvalue weighted by molar-refractivity contribution is 7.80. The molecule has 0 aliphatic heterocycles. The van der Waals surface area contributed by atoms with Gasteiger partial charge in [-0.1, -0.05) is 38.2 Å². The van der Waals surface area contributed by atoms with Gasteiger partial charge in [0, 0.05) is 24.3 Å². The minimum Gasteiger partial charge on any atom is -0.389 e. The van der Waals surface area contributed by atoms with Crippen LogP contribution in [0.2, 0.25) is 0 Å². The van der Waals surface area contributed by atoms with E-state index in [1.807, 2.05) is 18.2 Å². The Morgan fingerprint density at radius 1 is 1.05 bits per heavy atom. The Morgan fingerprint density at radius 3 is 2.25 bits per heavy atom. The first-order chi connectivity index (χ1) is 9.63. The minimum atomic E-state index is 0.475. The van der Waals surface area contributed by atoms with Gasteiger partial charge >= 0.3 is 0 Å². The highest BCUT2D eigenvalue weighted by atomic mass is 32.1. The summed E-state index contributed by atoms with van der Waals surface area (Å²) in [4.78, 5) is 5.29. The third-order valence-electron chi connectivity index (χ3n) is 3.69. The standard InChI is InChI=1S/C16H27N3S/c1-4-18(5-2)12-9-13-19(6-3)15-11-8-7-10-14(15)16(17)20/h7-8,10-11H,4-6,9,12-13H2,1-3H3,(H2,17,20). The number of anilines is 1. The van der Waals surface area contributed by atoms with Crippen LogP contribution in [0.3, 0.4) is 0 Å². The molecule has 0 aliphatic carbocycles. The van der Waals surface area contributed by atoms with E-state index >= 15 is 0 Å². The smallest absolute Gasteiger partial charge is 0.106 e. The van der Waals surface area contributed by atoms with E-state index in [0.717, 1.165) is 50.4 Å². The van der Waals surface area contributed by atoms with E-state index in [-0.39, 0.29) is 0 Å². The molecule has 0 saturated carbocycles. The number of nitrogens with two attached hydrogens (primary N) is 1. The molecule has 112 valence electrons. The largest absolute Gasteiger partial charge is 0.389 e. The van der Waals surface area contributed by atoms with Crippen molar-refractivity contribution in [3.63, 3.8) is 0 Å². The minimum absolute atomic E-state index is 0.475. The molecule has 1 rings (SSSR count). The highest BCUT2D eigenvalue weighted by Gasteiger charge is 2.11. The summed E-state index contributed by atoms with van der Waals surface area (Å²) in [5, 5.41) is 0. The molecule has 20 heavy (non-hydrogen) atoms. The van der Waals surface area contributed by atoms with Gasteiger partial charge in [0.2, 0.25) is 0 Å². The van der Waals surface area contributed by atoms with Crippen molar-refractivity contribution in [2.24, 2.45) is 5.73 Å². The average Bonchev–Trinajstić information content (AvgIpc) is 2.47. The van der Waals surface area contributed by atoms with Crippen LogP contribution in [0.15, 0.2) is 24.3 Å². The van der Waals surface area contributed by atoms with Gasteiger partial charge in [-0.3, -0.25) is 0 Å². The monoisotopic (exact) mass is 293 g/mol. The lowest BCUT2D eigenvalue weighted by atomic mass is 10.1. The molecule has 0 saturated heterocycles. The van der Waals surface area contributed by atoms with Crippen LogP contribution in [0.5, 0.6) is 0 Å². The van der Waals surface area contributed by atoms with Crippen molar-refractivity contribution in [3.05, 3.63) is 29.8 Å². The Kier molecular flexibility index (Phi) is 7.55. The number of para-hydroxylation sites is 1. The molecule has 0 amide bonds. The Hall–Kier alpha value is -1.13. The molecular formula is C16H27N3S. The molecule has 0 aliphatic rings. The average molecular weight is 293 g/mol. The van der Waals surface area contributed by atoms with Gasteiger partial charge in [-0.15, -0.1) is 0 Å². The Morgan fingerprint density at radius 2 is 1.70 bits per heavy atom. The first-order valence-electron chi connectivity index (χ1n) is 7.50. The van der Waals surface area contributed by atoms with Crippen LogP contribution in [0.25, 0.3) is 0 Å². The number of hydrogen-bond acceptors (Lipinski definition) is 3. The maximum Gasteiger partial charge on any atom is 0.106 e. The van der Waals surface area contributed by atoms with E-state index in [1.165, 1.54) is 0 Å². The van der Waals surface area contributed by atoms with Crippen molar-refractivity contribution < 1.29 is 0 Å². The molecular weight excluding hydrogens is 266 g/mol. The lowest BCUT2D eigenvalue weighted by Gasteiger charge is -2.27. The zero-order valence-electron chi connectivity index (χ0n) is 12.9. The van der Waals surface area contributed by atoms with E-state index in [2.05, 4.69) is 36.6 Å². The molecule has 0 bridgehead atoms. The molecule has 4 heteroatoms. The van der Waals surface area contributed by atoms with E-state index in [1.54, 1.807) is 0 Å². The molecule has 0 aromatic heterocycles. The van der Waals surface area contributed by atoms with Crippen molar-refractivity contribution in [1.29, 1.82) is 0 Å². The lowest BCUT2D eigenvalue weighted by molar-refractivity contribution is 0.301. The SMILES string of the molecule is CCN(CC)CCCN(CC)c1ccccc1C(N)=S. The van der Waals surface area contributed by atoms with Gasteiger partial charge in [0.1, 0.15) is 4.99 Å². The fraction of sp³-hybridized carbons (Fsp3) is 0.562. The maximum absolute atomic E-state index is 5.82. The summed E-state index contributed by atoms with van der Waals surface area (Å²) >= 11 is 5.15. The Balaban J connectivity index is 2.69.